The molecule has 0 aromatic heterocycles. The van der Waals surface area contributed by atoms with Crippen molar-refractivity contribution in [2.24, 2.45) is 0 Å². The van der Waals surface area contributed by atoms with Gasteiger partial charge in [0.05, 0.1) is 19.3 Å². The second-order valence-corrected chi connectivity index (χ2v) is 6.47. The van der Waals surface area contributed by atoms with Gasteiger partial charge in [-0.3, -0.25) is 9.59 Å². The van der Waals surface area contributed by atoms with Crippen LogP contribution in [0.2, 0.25) is 0 Å². The minimum atomic E-state index is -0.177. The van der Waals surface area contributed by atoms with Crippen LogP contribution in [0.3, 0.4) is 0 Å². The van der Waals surface area contributed by atoms with E-state index in [4.69, 9.17) is 4.74 Å². The summed E-state index contributed by atoms with van der Waals surface area (Å²) in [5.41, 5.74) is 2.04. The number of rotatable bonds is 10. The molecule has 0 unspecified atom stereocenters. The lowest BCUT2D eigenvalue weighted by Gasteiger charge is -2.21. The van der Waals surface area contributed by atoms with E-state index in [0.29, 0.717) is 17.0 Å². The summed E-state index contributed by atoms with van der Waals surface area (Å²) < 4.78 is 5.26. The van der Waals surface area contributed by atoms with Crippen LogP contribution in [0.4, 0.5) is 11.4 Å². The summed E-state index contributed by atoms with van der Waals surface area (Å²) in [6, 6.07) is 14.4. The van der Waals surface area contributed by atoms with Crippen molar-refractivity contribution in [3.05, 3.63) is 54.1 Å². The number of para-hydroxylation sites is 2. The first-order valence-electron chi connectivity index (χ1n) is 9.65. The molecule has 6 heteroatoms. The van der Waals surface area contributed by atoms with Gasteiger partial charge in [0.15, 0.2) is 0 Å². The highest BCUT2D eigenvalue weighted by Crippen LogP contribution is 2.22. The molecule has 0 spiro atoms. The number of methoxy groups -OCH3 is 1. The number of hydrogen-bond acceptors (Lipinski definition) is 4. The van der Waals surface area contributed by atoms with Gasteiger partial charge in [-0.05, 0) is 49.2 Å². The molecule has 0 heterocycles. The first-order valence-corrected chi connectivity index (χ1v) is 9.65. The van der Waals surface area contributed by atoms with Crippen molar-refractivity contribution in [2.45, 2.75) is 26.7 Å². The van der Waals surface area contributed by atoms with E-state index in [1.807, 2.05) is 29.2 Å². The minimum absolute atomic E-state index is 0.0272. The normalized spacial score (nSPS) is 10.2. The fourth-order valence-corrected chi connectivity index (χ4v) is 2.90. The lowest BCUT2D eigenvalue weighted by Crippen LogP contribution is -2.32. The van der Waals surface area contributed by atoms with Crippen LogP contribution in [-0.4, -0.2) is 43.5 Å². The van der Waals surface area contributed by atoms with Crippen molar-refractivity contribution < 1.29 is 14.3 Å². The van der Waals surface area contributed by atoms with Crippen molar-refractivity contribution >= 4 is 23.2 Å². The standard InChI is InChI=1S/C22H29N3O3/c1-4-14-25(15-5-2)22(27)17-10-12-18(13-11-17)24-21(26)16-23-19-8-6-7-9-20(19)28-3/h6-13,23H,4-5,14-16H2,1-3H3,(H,24,26). The van der Waals surface area contributed by atoms with Crippen LogP contribution in [0.25, 0.3) is 0 Å². The third kappa shape index (κ3) is 6.01. The Balaban J connectivity index is 1.92. The Labute approximate surface area is 166 Å². The minimum Gasteiger partial charge on any atom is -0.495 e. The molecule has 150 valence electrons. The molecular weight excluding hydrogens is 354 g/mol. The molecule has 0 aliphatic carbocycles. The maximum absolute atomic E-state index is 12.6. The SMILES string of the molecule is CCCN(CCC)C(=O)c1ccc(NC(=O)CNc2ccccc2OC)cc1. The Kier molecular flexibility index (Phi) is 8.34. The second kappa shape index (κ2) is 11.0. The highest BCUT2D eigenvalue weighted by molar-refractivity contribution is 5.96. The summed E-state index contributed by atoms with van der Waals surface area (Å²) in [7, 11) is 1.59. The number of amides is 2. The van der Waals surface area contributed by atoms with E-state index < -0.39 is 0 Å². The van der Waals surface area contributed by atoms with E-state index in [0.717, 1.165) is 31.6 Å². The van der Waals surface area contributed by atoms with Crippen molar-refractivity contribution in [3.63, 3.8) is 0 Å². The van der Waals surface area contributed by atoms with E-state index >= 15 is 0 Å². The maximum atomic E-state index is 12.6. The van der Waals surface area contributed by atoms with Gasteiger partial charge in [-0.2, -0.15) is 0 Å². The molecule has 2 aromatic carbocycles. The summed E-state index contributed by atoms with van der Waals surface area (Å²) in [6.45, 7) is 5.74. The zero-order valence-electron chi connectivity index (χ0n) is 16.8. The summed E-state index contributed by atoms with van der Waals surface area (Å²) >= 11 is 0. The summed E-state index contributed by atoms with van der Waals surface area (Å²) in [5, 5.41) is 5.89. The van der Waals surface area contributed by atoms with Gasteiger partial charge in [0.2, 0.25) is 5.91 Å². The predicted octanol–water partition coefficient (Wildman–Crippen LogP) is 4.01. The van der Waals surface area contributed by atoms with Crippen LogP contribution in [-0.2, 0) is 4.79 Å². The van der Waals surface area contributed by atoms with Gasteiger partial charge in [0, 0.05) is 24.3 Å². The van der Waals surface area contributed by atoms with Crippen molar-refractivity contribution in [3.8, 4) is 5.75 Å². The number of anilines is 2. The fourth-order valence-electron chi connectivity index (χ4n) is 2.90. The monoisotopic (exact) mass is 383 g/mol. The average molecular weight is 383 g/mol. The van der Waals surface area contributed by atoms with Gasteiger partial charge in [0.1, 0.15) is 5.75 Å². The number of nitrogens with one attached hydrogen (secondary N) is 2. The third-order valence-corrected chi connectivity index (χ3v) is 4.24. The molecule has 0 aliphatic heterocycles. The van der Waals surface area contributed by atoms with Gasteiger partial charge in [0.25, 0.3) is 5.91 Å². The lowest BCUT2D eigenvalue weighted by molar-refractivity contribution is -0.114. The number of ether oxygens (including phenoxy) is 1. The molecular formula is C22H29N3O3. The number of carbonyl (C=O) groups excluding carboxylic acids is 2. The third-order valence-electron chi connectivity index (χ3n) is 4.24. The van der Waals surface area contributed by atoms with Crippen LogP contribution in [0, 0.1) is 0 Å². The average Bonchev–Trinajstić information content (AvgIpc) is 2.72. The summed E-state index contributed by atoms with van der Waals surface area (Å²) in [6.07, 6.45) is 1.86. The molecule has 0 radical (unpaired) electrons. The van der Waals surface area contributed by atoms with Gasteiger partial charge < -0.3 is 20.3 Å². The van der Waals surface area contributed by atoms with Crippen LogP contribution >= 0.6 is 0 Å². The molecule has 2 aromatic rings. The molecule has 0 saturated carbocycles. The molecule has 0 aliphatic rings. The highest BCUT2D eigenvalue weighted by atomic mass is 16.5. The van der Waals surface area contributed by atoms with Crippen LogP contribution < -0.4 is 15.4 Å². The first-order chi connectivity index (χ1) is 13.6. The largest absolute Gasteiger partial charge is 0.495 e. The zero-order chi connectivity index (χ0) is 20.4. The van der Waals surface area contributed by atoms with E-state index in [-0.39, 0.29) is 18.4 Å². The molecule has 2 amide bonds. The molecule has 0 saturated heterocycles. The van der Waals surface area contributed by atoms with E-state index in [2.05, 4.69) is 24.5 Å². The van der Waals surface area contributed by atoms with Crippen molar-refractivity contribution in [1.29, 1.82) is 0 Å². The van der Waals surface area contributed by atoms with Crippen LogP contribution in [0.15, 0.2) is 48.5 Å². The number of benzene rings is 2. The van der Waals surface area contributed by atoms with Crippen LogP contribution in [0.5, 0.6) is 5.75 Å². The van der Waals surface area contributed by atoms with Gasteiger partial charge in [-0.1, -0.05) is 26.0 Å². The van der Waals surface area contributed by atoms with Gasteiger partial charge >= 0.3 is 0 Å². The molecule has 6 nitrogen and oxygen atoms in total. The number of hydrogen-bond donors (Lipinski definition) is 2. The number of nitrogens with zero attached hydrogens (tertiary/aromatic N) is 1. The molecule has 0 fully saturated rings. The van der Waals surface area contributed by atoms with E-state index in [1.165, 1.54) is 0 Å². The first kappa shape index (κ1) is 21.3. The van der Waals surface area contributed by atoms with Gasteiger partial charge in [-0.15, -0.1) is 0 Å². The summed E-state index contributed by atoms with van der Waals surface area (Å²) in [4.78, 5) is 26.7. The Morgan fingerprint density at radius 1 is 0.964 bits per heavy atom. The molecule has 0 atom stereocenters. The van der Waals surface area contributed by atoms with E-state index in [9.17, 15) is 9.59 Å². The zero-order valence-corrected chi connectivity index (χ0v) is 16.8. The van der Waals surface area contributed by atoms with Crippen molar-refractivity contribution in [1.82, 2.24) is 4.90 Å². The fraction of sp³-hybridized carbons (Fsp3) is 0.364. The Morgan fingerprint density at radius 3 is 2.21 bits per heavy atom. The quantitative estimate of drug-likeness (QED) is 0.650. The lowest BCUT2D eigenvalue weighted by atomic mass is 10.1. The topological polar surface area (TPSA) is 70.7 Å². The predicted molar refractivity (Wildman–Crippen MR) is 113 cm³/mol. The number of carbonyl (C=O) groups is 2. The molecule has 0 bridgehead atoms. The molecule has 2 N–H and O–H groups in total. The van der Waals surface area contributed by atoms with E-state index in [1.54, 1.807) is 31.4 Å². The van der Waals surface area contributed by atoms with Crippen LogP contribution in [0.1, 0.15) is 37.0 Å². The highest BCUT2D eigenvalue weighted by Gasteiger charge is 2.14. The molecule has 28 heavy (non-hydrogen) atoms. The Hall–Kier alpha value is -3.02. The molecule has 2 rings (SSSR count). The van der Waals surface area contributed by atoms with Gasteiger partial charge in [-0.25, -0.2) is 0 Å². The maximum Gasteiger partial charge on any atom is 0.253 e. The summed E-state index contributed by atoms with van der Waals surface area (Å²) in [5.74, 6) is 0.532. The van der Waals surface area contributed by atoms with Crippen molar-refractivity contribution in [2.75, 3.05) is 37.4 Å². The Bertz CT molecular complexity index is 769. The smallest absolute Gasteiger partial charge is 0.253 e. The Morgan fingerprint density at radius 2 is 1.61 bits per heavy atom. The second-order valence-electron chi connectivity index (χ2n) is 6.47.